The van der Waals surface area contributed by atoms with E-state index < -0.39 is 0 Å². The molecule has 0 radical (unpaired) electrons. The molecule has 0 aliphatic heterocycles. The number of carbonyl (C=O) groups is 1. The summed E-state index contributed by atoms with van der Waals surface area (Å²) in [5.41, 5.74) is 5.91. The van der Waals surface area contributed by atoms with Crippen molar-refractivity contribution in [2.24, 2.45) is 23.0 Å². The molecule has 0 aromatic heterocycles. The van der Waals surface area contributed by atoms with Crippen LogP contribution < -0.4 is 11.1 Å². The molecule has 108 valence electrons. The maximum absolute atomic E-state index is 12.0. The first-order valence-corrected chi connectivity index (χ1v) is 6.84. The number of amides is 1. The number of halogens is 1. The molecule has 3 nitrogen and oxygen atoms in total. The van der Waals surface area contributed by atoms with Gasteiger partial charge < -0.3 is 11.1 Å². The molecule has 0 heterocycles. The van der Waals surface area contributed by atoms with Crippen molar-refractivity contribution < 1.29 is 4.79 Å². The third-order valence-corrected chi connectivity index (χ3v) is 4.28. The van der Waals surface area contributed by atoms with Gasteiger partial charge in [0.1, 0.15) is 0 Å². The van der Waals surface area contributed by atoms with Gasteiger partial charge in [-0.3, -0.25) is 4.79 Å². The Balaban J connectivity index is 0.00000289. The normalized spacial score (nSPS) is 25.4. The maximum Gasteiger partial charge on any atom is 0.220 e. The third-order valence-electron chi connectivity index (χ3n) is 4.28. The number of rotatable bonds is 4. The zero-order valence-corrected chi connectivity index (χ0v) is 13.0. The van der Waals surface area contributed by atoms with E-state index in [0.717, 1.165) is 12.8 Å². The van der Waals surface area contributed by atoms with E-state index >= 15 is 0 Å². The smallest absolute Gasteiger partial charge is 0.220 e. The van der Waals surface area contributed by atoms with E-state index in [2.05, 4.69) is 33.0 Å². The van der Waals surface area contributed by atoms with Gasteiger partial charge in [0.25, 0.3) is 0 Å². The van der Waals surface area contributed by atoms with Crippen LogP contribution in [0.5, 0.6) is 0 Å². The average molecular weight is 277 g/mol. The zero-order chi connectivity index (χ0) is 13.1. The van der Waals surface area contributed by atoms with Crippen LogP contribution in [0, 0.1) is 17.3 Å². The fraction of sp³-hybridized carbons (Fsp3) is 0.929. The molecule has 0 bridgehead atoms. The van der Waals surface area contributed by atoms with Crippen molar-refractivity contribution in [1.29, 1.82) is 0 Å². The third kappa shape index (κ3) is 5.15. The predicted molar refractivity (Wildman–Crippen MR) is 78.8 cm³/mol. The van der Waals surface area contributed by atoms with E-state index in [4.69, 9.17) is 5.73 Å². The first-order valence-electron chi connectivity index (χ1n) is 6.84. The molecule has 0 aromatic carbocycles. The van der Waals surface area contributed by atoms with Crippen LogP contribution in [0.15, 0.2) is 0 Å². The molecule has 3 atom stereocenters. The highest BCUT2D eigenvalue weighted by Crippen LogP contribution is 2.29. The van der Waals surface area contributed by atoms with Gasteiger partial charge in [0.15, 0.2) is 0 Å². The molecule has 1 aliphatic rings. The van der Waals surface area contributed by atoms with E-state index in [-0.39, 0.29) is 23.7 Å². The van der Waals surface area contributed by atoms with E-state index in [1.54, 1.807) is 0 Å². The molecular formula is C14H29ClN2O. The summed E-state index contributed by atoms with van der Waals surface area (Å²) in [5.74, 6) is 1.09. The van der Waals surface area contributed by atoms with E-state index in [9.17, 15) is 4.79 Å². The highest BCUT2D eigenvalue weighted by atomic mass is 35.5. The Hall–Kier alpha value is -0.280. The lowest BCUT2D eigenvalue weighted by Crippen LogP contribution is -2.41. The molecule has 0 saturated heterocycles. The van der Waals surface area contributed by atoms with Gasteiger partial charge in [-0.15, -0.1) is 12.4 Å². The number of carbonyl (C=O) groups excluding carboxylic acids is 1. The van der Waals surface area contributed by atoms with Gasteiger partial charge in [-0.1, -0.05) is 34.1 Å². The number of nitrogens with one attached hydrogen (secondary N) is 1. The molecular weight excluding hydrogens is 248 g/mol. The lowest BCUT2D eigenvalue weighted by Gasteiger charge is -2.28. The number of hydrogen-bond acceptors (Lipinski definition) is 2. The van der Waals surface area contributed by atoms with Crippen LogP contribution in [0.3, 0.4) is 0 Å². The van der Waals surface area contributed by atoms with Crippen molar-refractivity contribution >= 4 is 18.3 Å². The Kier molecular flexibility index (Phi) is 7.23. The van der Waals surface area contributed by atoms with Gasteiger partial charge in [0.05, 0.1) is 0 Å². The van der Waals surface area contributed by atoms with Crippen molar-refractivity contribution in [1.82, 2.24) is 5.32 Å². The second-order valence-corrected chi connectivity index (χ2v) is 6.57. The molecule has 18 heavy (non-hydrogen) atoms. The van der Waals surface area contributed by atoms with Crippen molar-refractivity contribution in [2.45, 2.75) is 59.4 Å². The van der Waals surface area contributed by atoms with Gasteiger partial charge in [-0.25, -0.2) is 0 Å². The zero-order valence-electron chi connectivity index (χ0n) is 12.2. The van der Waals surface area contributed by atoms with Crippen molar-refractivity contribution in [3.8, 4) is 0 Å². The van der Waals surface area contributed by atoms with Crippen molar-refractivity contribution in [3.05, 3.63) is 0 Å². The van der Waals surface area contributed by atoms with Gasteiger partial charge in [0, 0.05) is 12.5 Å². The summed E-state index contributed by atoms with van der Waals surface area (Å²) >= 11 is 0. The standard InChI is InChI=1S/C14H28N2O.ClH/c1-10(14(2,3)4)8-13(17)16-12-7-5-6-11(12)9-15;/h10-12H,5-9,15H2,1-4H3,(H,16,17);1H. The van der Waals surface area contributed by atoms with Crippen LogP contribution in [-0.2, 0) is 4.79 Å². The quantitative estimate of drug-likeness (QED) is 0.830. The minimum atomic E-state index is 0. The molecule has 1 aliphatic carbocycles. The summed E-state index contributed by atoms with van der Waals surface area (Å²) in [7, 11) is 0. The van der Waals surface area contributed by atoms with Crippen molar-refractivity contribution in [3.63, 3.8) is 0 Å². The summed E-state index contributed by atoms with van der Waals surface area (Å²) in [6, 6.07) is 0.319. The molecule has 0 spiro atoms. The van der Waals surface area contributed by atoms with Gasteiger partial charge >= 0.3 is 0 Å². The fourth-order valence-electron chi connectivity index (χ4n) is 2.36. The summed E-state index contributed by atoms with van der Waals surface area (Å²) < 4.78 is 0. The molecule has 3 unspecified atom stereocenters. The Morgan fingerprint density at radius 3 is 2.50 bits per heavy atom. The molecule has 1 amide bonds. The molecule has 3 N–H and O–H groups in total. The van der Waals surface area contributed by atoms with Crippen LogP contribution in [0.1, 0.15) is 53.4 Å². The Morgan fingerprint density at radius 2 is 2.00 bits per heavy atom. The van der Waals surface area contributed by atoms with Gasteiger partial charge in [-0.2, -0.15) is 0 Å². The molecule has 1 saturated carbocycles. The minimum Gasteiger partial charge on any atom is -0.353 e. The van der Waals surface area contributed by atoms with E-state index in [1.807, 2.05) is 0 Å². The minimum absolute atomic E-state index is 0. The Labute approximate surface area is 118 Å². The summed E-state index contributed by atoms with van der Waals surface area (Å²) in [4.78, 5) is 12.0. The van der Waals surface area contributed by atoms with Crippen molar-refractivity contribution in [2.75, 3.05) is 6.54 Å². The maximum atomic E-state index is 12.0. The number of nitrogens with two attached hydrogens (primary N) is 1. The topological polar surface area (TPSA) is 55.1 Å². The monoisotopic (exact) mass is 276 g/mol. The molecule has 0 aromatic rings. The Morgan fingerprint density at radius 1 is 1.39 bits per heavy atom. The van der Waals surface area contributed by atoms with Gasteiger partial charge in [0.2, 0.25) is 5.91 Å². The Bertz CT molecular complexity index is 263. The highest BCUT2D eigenvalue weighted by molar-refractivity contribution is 5.85. The molecule has 1 fully saturated rings. The van der Waals surface area contributed by atoms with Crippen LogP contribution in [0.4, 0.5) is 0 Å². The van der Waals surface area contributed by atoms with Crippen LogP contribution in [0.25, 0.3) is 0 Å². The lowest BCUT2D eigenvalue weighted by atomic mass is 9.80. The fourth-order valence-corrected chi connectivity index (χ4v) is 2.36. The second kappa shape index (κ2) is 7.34. The van der Waals surface area contributed by atoms with Crippen LogP contribution in [0.2, 0.25) is 0 Å². The lowest BCUT2D eigenvalue weighted by molar-refractivity contribution is -0.123. The summed E-state index contributed by atoms with van der Waals surface area (Å²) in [6.45, 7) is 9.39. The predicted octanol–water partition coefficient (Wildman–Crippen LogP) is 2.72. The SMILES string of the molecule is CC(CC(=O)NC1CCCC1CN)C(C)(C)C.Cl. The molecule has 1 rings (SSSR count). The first kappa shape index (κ1) is 17.7. The van der Waals surface area contributed by atoms with Crippen LogP contribution >= 0.6 is 12.4 Å². The summed E-state index contributed by atoms with van der Waals surface area (Å²) in [5, 5.41) is 3.16. The van der Waals surface area contributed by atoms with E-state index in [1.165, 1.54) is 6.42 Å². The molecule has 4 heteroatoms. The number of hydrogen-bond donors (Lipinski definition) is 2. The average Bonchev–Trinajstić information content (AvgIpc) is 2.63. The van der Waals surface area contributed by atoms with Crippen LogP contribution in [-0.4, -0.2) is 18.5 Å². The second-order valence-electron chi connectivity index (χ2n) is 6.57. The largest absolute Gasteiger partial charge is 0.353 e. The first-order chi connectivity index (χ1) is 7.84. The highest BCUT2D eigenvalue weighted by Gasteiger charge is 2.29. The van der Waals surface area contributed by atoms with Gasteiger partial charge in [-0.05, 0) is 36.6 Å². The summed E-state index contributed by atoms with van der Waals surface area (Å²) in [6.07, 6.45) is 4.08. The van der Waals surface area contributed by atoms with E-state index in [0.29, 0.717) is 30.8 Å².